The van der Waals surface area contributed by atoms with Crippen molar-refractivity contribution < 1.29 is 0 Å². The van der Waals surface area contributed by atoms with Crippen molar-refractivity contribution in [3.8, 4) is 0 Å². The standard InChI is InChI=1S/C14H15Br2NS/c1-8-4-5-10(6-9(8)2)13(17-3)11-7-12(15)18-14(11)16/h4-7,13,17H,1-3H3. The van der Waals surface area contributed by atoms with Crippen molar-refractivity contribution in [2.75, 3.05) is 7.05 Å². The maximum atomic E-state index is 3.64. The first-order valence-corrected chi connectivity index (χ1v) is 8.12. The van der Waals surface area contributed by atoms with E-state index in [1.807, 2.05) is 7.05 Å². The lowest BCUT2D eigenvalue weighted by molar-refractivity contribution is 0.691. The summed E-state index contributed by atoms with van der Waals surface area (Å²) in [6.07, 6.45) is 0. The molecule has 0 aliphatic carbocycles. The van der Waals surface area contributed by atoms with Gasteiger partial charge in [0.1, 0.15) is 0 Å². The lowest BCUT2D eigenvalue weighted by Gasteiger charge is -2.17. The van der Waals surface area contributed by atoms with E-state index < -0.39 is 0 Å². The third-order valence-electron chi connectivity index (χ3n) is 3.15. The van der Waals surface area contributed by atoms with Gasteiger partial charge in [-0.1, -0.05) is 18.2 Å². The van der Waals surface area contributed by atoms with Crippen LogP contribution in [0.25, 0.3) is 0 Å². The van der Waals surface area contributed by atoms with Crippen molar-refractivity contribution in [1.82, 2.24) is 5.32 Å². The Labute approximate surface area is 129 Å². The Kier molecular flexibility index (Phi) is 4.64. The zero-order valence-corrected chi connectivity index (χ0v) is 14.5. The molecule has 0 aliphatic heterocycles. The summed E-state index contributed by atoms with van der Waals surface area (Å²) in [5.41, 5.74) is 5.24. The second-order valence-electron chi connectivity index (χ2n) is 4.34. The molecule has 1 unspecified atom stereocenters. The summed E-state index contributed by atoms with van der Waals surface area (Å²) in [5.74, 6) is 0. The number of hydrogen-bond donors (Lipinski definition) is 1. The molecule has 4 heteroatoms. The molecule has 1 aromatic carbocycles. The summed E-state index contributed by atoms with van der Waals surface area (Å²) in [4.78, 5) is 0. The molecule has 0 aliphatic rings. The number of benzene rings is 1. The van der Waals surface area contributed by atoms with Gasteiger partial charge in [-0.3, -0.25) is 0 Å². The fourth-order valence-electron chi connectivity index (χ4n) is 2.00. The van der Waals surface area contributed by atoms with Crippen LogP contribution in [0, 0.1) is 13.8 Å². The summed E-state index contributed by atoms with van der Waals surface area (Å²) in [6.45, 7) is 4.30. The first-order chi connectivity index (χ1) is 8.52. The molecule has 1 nitrogen and oxygen atoms in total. The van der Waals surface area contributed by atoms with Gasteiger partial charge in [-0.2, -0.15) is 0 Å². The number of nitrogens with one attached hydrogen (secondary N) is 1. The van der Waals surface area contributed by atoms with Crippen LogP contribution in [0.15, 0.2) is 31.8 Å². The lowest BCUT2D eigenvalue weighted by Crippen LogP contribution is -2.17. The Hall–Kier alpha value is -0.160. The van der Waals surface area contributed by atoms with Crippen LogP contribution in [-0.4, -0.2) is 7.05 Å². The number of thiophene rings is 1. The molecule has 0 radical (unpaired) electrons. The summed E-state index contributed by atoms with van der Waals surface area (Å²) < 4.78 is 2.32. The molecule has 1 aromatic heterocycles. The summed E-state index contributed by atoms with van der Waals surface area (Å²) >= 11 is 8.89. The molecule has 0 spiro atoms. The van der Waals surface area contributed by atoms with E-state index in [9.17, 15) is 0 Å². The van der Waals surface area contributed by atoms with Gasteiger partial charge in [0.15, 0.2) is 0 Å². The van der Waals surface area contributed by atoms with Crippen LogP contribution in [0.1, 0.15) is 28.3 Å². The molecule has 0 bridgehead atoms. The van der Waals surface area contributed by atoms with Gasteiger partial charge in [-0.15, -0.1) is 11.3 Å². The lowest BCUT2D eigenvalue weighted by atomic mass is 9.97. The second-order valence-corrected chi connectivity index (χ2v) is 8.09. The van der Waals surface area contributed by atoms with E-state index in [1.165, 1.54) is 26.0 Å². The smallest absolute Gasteiger partial charge is 0.0761 e. The van der Waals surface area contributed by atoms with Crippen molar-refractivity contribution in [1.29, 1.82) is 0 Å². The normalized spacial score (nSPS) is 12.7. The molecular weight excluding hydrogens is 374 g/mol. The average Bonchev–Trinajstić information content (AvgIpc) is 2.64. The molecule has 2 rings (SSSR count). The number of hydrogen-bond acceptors (Lipinski definition) is 2. The summed E-state index contributed by atoms with van der Waals surface area (Å²) in [5, 5.41) is 3.39. The fraction of sp³-hybridized carbons (Fsp3) is 0.286. The van der Waals surface area contributed by atoms with Crippen LogP contribution in [0.4, 0.5) is 0 Å². The fourth-order valence-corrected chi connectivity index (χ4v) is 4.90. The molecule has 1 N–H and O–H groups in total. The van der Waals surface area contributed by atoms with Gasteiger partial charge in [0.2, 0.25) is 0 Å². The van der Waals surface area contributed by atoms with Gasteiger partial charge in [0, 0.05) is 0 Å². The number of halogens is 2. The predicted molar refractivity (Wildman–Crippen MR) is 86.5 cm³/mol. The molecule has 0 amide bonds. The Balaban J connectivity index is 2.45. The molecule has 18 heavy (non-hydrogen) atoms. The minimum Gasteiger partial charge on any atom is -0.309 e. The number of rotatable bonds is 3. The molecule has 2 aromatic rings. The van der Waals surface area contributed by atoms with Crippen LogP contribution in [0.5, 0.6) is 0 Å². The molecule has 1 atom stereocenters. The van der Waals surface area contributed by atoms with Crippen molar-refractivity contribution >= 4 is 43.2 Å². The van der Waals surface area contributed by atoms with E-state index in [2.05, 4.69) is 75.3 Å². The van der Waals surface area contributed by atoms with Gasteiger partial charge in [0.25, 0.3) is 0 Å². The summed E-state index contributed by atoms with van der Waals surface area (Å²) in [7, 11) is 2.00. The maximum absolute atomic E-state index is 3.64. The SMILES string of the molecule is CNC(c1ccc(C)c(C)c1)c1cc(Br)sc1Br. The highest BCUT2D eigenvalue weighted by Crippen LogP contribution is 2.37. The third kappa shape index (κ3) is 2.87. The minimum absolute atomic E-state index is 0.223. The van der Waals surface area contributed by atoms with E-state index in [0.717, 1.165) is 3.79 Å². The van der Waals surface area contributed by atoms with Gasteiger partial charge in [-0.05, 0) is 81.1 Å². The molecule has 0 saturated carbocycles. The van der Waals surface area contributed by atoms with Crippen LogP contribution in [0.2, 0.25) is 0 Å². The number of aryl methyl sites for hydroxylation is 2. The van der Waals surface area contributed by atoms with Gasteiger partial charge < -0.3 is 5.32 Å². The largest absolute Gasteiger partial charge is 0.309 e. The summed E-state index contributed by atoms with van der Waals surface area (Å²) in [6, 6.07) is 9.03. The van der Waals surface area contributed by atoms with E-state index in [1.54, 1.807) is 11.3 Å². The highest BCUT2D eigenvalue weighted by molar-refractivity contribution is 9.12. The quantitative estimate of drug-likeness (QED) is 0.761. The molecular formula is C14H15Br2NS. The molecule has 1 heterocycles. The second kappa shape index (κ2) is 5.87. The van der Waals surface area contributed by atoms with Crippen molar-refractivity contribution in [2.24, 2.45) is 0 Å². The predicted octanol–water partition coefficient (Wildman–Crippen LogP) is 5.20. The zero-order valence-electron chi connectivity index (χ0n) is 10.6. The van der Waals surface area contributed by atoms with Crippen molar-refractivity contribution in [3.63, 3.8) is 0 Å². The Bertz CT molecular complexity index is 563. The maximum Gasteiger partial charge on any atom is 0.0761 e. The van der Waals surface area contributed by atoms with Gasteiger partial charge in [-0.25, -0.2) is 0 Å². The molecule has 0 fully saturated rings. The van der Waals surface area contributed by atoms with Crippen molar-refractivity contribution in [2.45, 2.75) is 19.9 Å². The Morgan fingerprint density at radius 2 is 1.83 bits per heavy atom. The minimum atomic E-state index is 0.223. The topological polar surface area (TPSA) is 12.0 Å². The van der Waals surface area contributed by atoms with E-state index >= 15 is 0 Å². The van der Waals surface area contributed by atoms with Crippen LogP contribution in [-0.2, 0) is 0 Å². The first kappa shape index (κ1) is 14.3. The monoisotopic (exact) mass is 387 g/mol. The van der Waals surface area contributed by atoms with Gasteiger partial charge in [0.05, 0.1) is 13.6 Å². The average molecular weight is 389 g/mol. The van der Waals surface area contributed by atoms with Crippen molar-refractivity contribution in [3.05, 3.63) is 54.1 Å². The van der Waals surface area contributed by atoms with Crippen LogP contribution in [0.3, 0.4) is 0 Å². The third-order valence-corrected chi connectivity index (χ3v) is 5.53. The van der Waals surface area contributed by atoms with E-state index in [0.29, 0.717) is 0 Å². The highest BCUT2D eigenvalue weighted by Gasteiger charge is 2.17. The van der Waals surface area contributed by atoms with E-state index in [-0.39, 0.29) is 6.04 Å². The first-order valence-electron chi connectivity index (χ1n) is 5.72. The van der Waals surface area contributed by atoms with Crippen LogP contribution < -0.4 is 5.32 Å². The van der Waals surface area contributed by atoms with Crippen LogP contribution >= 0.6 is 43.2 Å². The van der Waals surface area contributed by atoms with E-state index in [4.69, 9.17) is 0 Å². The molecule has 96 valence electrons. The Morgan fingerprint density at radius 1 is 1.11 bits per heavy atom. The molecule has 0 saturated heterocycles. The highest BCUT2D eigenvalue weighted by atomic mass is 79.9. The zero-order chi connectivity index (χ0) is 13.3. The Morgan fingerprint density at radius 3 is 2.33 bits per heavy atom. The van der Waals surface area contributed by atoms with Gasteiger partial charge >= 0.3 is 0 Å².